The van der Waals surface area contributed by atoms with E-state index < -0.39 is 18.1 Å². The van der Waals surface area contributed by atoms with E-state index in [0.717, 1.165) is 0 Å². The van der Waals surface area contributed by atoms with Crippen LogP contribution in [-0.4, -0.2) is 49.3 Å². The Labute approximate surface area is 103 Å². The molecule has 7 heteroatoms. The third kappa shape index (κ3) is 2.28. The summed E-state index contributed by atoms with van der Waals surface area (Å²) in [7, 11) is 0. The molecule has 2 atom stereocenters. The number of carbonyl (C=O) groups excluding carboxylic acids is 1. The van der Waals surface area contributed by atoms with Gasteiger partial charge in [0, 0.05) is 18.1 Å². The fourth-order valence-electron chi connectivity index (χ4n) is 1.73. The molecule has 2 rings (SSSR count). The number of carboxylic acid groups (broad SMARTS) is 1. The normalized spacial score (nSPS) is 21.5. The Bertz CT molecular complexity index is 420. The zero-order valence-electron chi connectivity index (χ0n) is 9.31. The first-order valence-electron chi connectivity index (χ1n) is 5.21. The van der Waals surface area contributed by atoms with Crippen LogP contribution in [0.2, 0.25) is 0 Å². The first kappa shape index (κ1) is 12.0. The quantitative estimate of drug-likeness (QED) is 0.847. The maximum Gasteiger partial charge on any atom is 0.327 e. The Kier molecular flexibility index (Phi) is 3.37. The highest BCUT2D eigenvalue weighted by Crippen LogP contribution is 2.24. The van der Waals surface area contributed by atoms with Crippen LogP contribution < -0.4 is 0 Å². The number of carboxylic acids is 1. The number of amides is 1. The van der Waals surface area contributed by atoms with E-state index in [2.05, 4.69) is 5.10 Å². The summed E-state index contributed by atoms with van der Waals surface area (Å²) >= 11 is 1.46. The molecule has 0 radical (unpaired) electrons. The Morgan fingerprint density at radius 3 is 2.94 bits per heavy atom. The van der Waals surface area contributed by atoms with Gasteiger partial charge in [-0.15, -0.1) is 11.8 Å². The van der Waals surface area contributed by atoms with E-state index >= 15 is 0 Å². The minimum Gasteiger partial charge on any atom is -0.480 e. The summed E-state index contributed by atoms with van der Waals surface area (Å²) in [5, 5.41) is 13.0. The van der Waals surface area contributed by atoms with Crippen molar-refractivity contribution in [1.82, 2.24) is 14.7 Å². The lowest BCUT2D eigenvalue weighted by Crippen LogP contribution is -2.44. The monoisotopic (exact) mass is 255 g/mol. The van der Waals surface area contributed by atoms with Crippen LogP contribution in [0.25, 0.3) is 0 Å². The maximum absolute atomic E-state index is 12.1. The van der Waals surface area contributed by atoms with Gasteiger partial charge in [-0.05, 0) is 13.0 Å². The standard InChI is InChI=1S/C10H13N3O3S/c1-7(13-4-2-3-11-13)9(14)12-6-17-5-8(12)10(15)16/h2-4,7-8H,5-6H2,1H3,(H,15,16)/t7?,8-/m0/s1. The molecule has 1 amide bonds. The molecule has 0 aliphatic carbocycles. The number of rotatable bonds is 3. The van der Waals surface area contributed by atoms with Gasteiger partial charge < -0.3 is 10.0 Å². The number of carbonyl (C=O) groups is 2. The van der Waals surface area contributed by atoms with Crippen LogP contribution in [-0.2, 0) is 9.59 Å². The molecule has 1 unspecified atom stereocenters. The lowest BCUT2D eigenvalue weighted by Gasteiger charge is -2.24. The van der Waals surface area contributed by atoms with Crippen molar-refractivity contribution in [3.05, 3.63) is 18.5 Å². The molecule has 0 spiro atoms. The van der Waals surface area contributed by atoms with Crippen LogP contribution >= 0.6 is 11.8 Å². The van der Waals surface area contributed by atoms with Gasteiger partial charge in [-0.1, -0.05) is 0 Å². The minimum absolute atomic E-state index is 0.203. The van der Waals surface area contributed by atoms with E-state index in [1.165, 1.54) is 21.3 Å². The van der Waals surface area contributed by atoms with Crippen LogP contribution in [0.4, 0.5) is 0 Å². The van der Waals surface area contributed by atoms with Crippen LogP contribution in [0.5, 0.6) is 0 Å². The number of nitrogens with zero attached hydrogens (tertiary/aromatic N) is 3. The summed E-state index contributed by atoms with van der Waals surface area (Å²) in [6.07, 6.45) is 3.29. The van der Waals surface area contributed by atoms with E-state index in [1.807, 2.05) is 0 Å². The molecular weight excluding hydrogens is 242 g/mol. The Hall–Kier alpha value is -1.50. The molecule has 1 fully saturated rings. The third-order valence-corrected chi connectivity index (χ3v) is 3.74. The van der Waals surface area contributed by atoms with Gasteiger partial charge in [0.15, 0.2) is 0 Å². The smallest absolute Gasteiger partial charge is 0.327 e. The molecule has 0 bridgehead atoms. The predicted octanol–water partition coefficient (Wildman–Crippen LogP) is 0.430. The van der Waals surface area contributed by atoms with E-state index in [0.29, 0.717) is 11.6 Å². The summed E-state index contributed by atoms with van der Waals surface area (Å²) in [5.74, 6) is -0.268. The van der Waals surface area contributed by atoms with E-state index in [-0.39, 0.29) is 5.91 Å². The molecule has 1 aromatic heterocycles. The van der Waals surface area contributed by atoms with Gasteiger partial charge in [-0.2, -0.15) is 5.10 Å². The molecule has 1 N–H and O–H groups in total. The molecule has 1 aromatic rings. The second kappa shape index (κ2) is 4.79. The molecule has 17 heavy (non-hydrogen) atoms. The number of aromatic nitrogens is 2. The summed E-state index contributed by atoms with van der Waals surface area (Å²) in [6.45, 7) is 1.72. The van der Waals surface area contributed by atoms with Gasteiger partial charge in [0.1, 0.15) is 12.1 Å². The summed E-state index contributed by atoms with van der Waals surface area (Å²) in [4.78, 5) is 24.5. The summed E-state index contributed by atoms with van der Waals surface area (Å²) in [6, 6.07) is 0.549. The van der Waals surface area contributed by atoms with Crippen molar-refractivity contribution in [2.75, 3.05) is 11.6 Å². The highest BCUT2D eigenvalue weighted by Gasteiger charge is 2.36. The largest absolute Gasteiger partial charge is 0.480 e. The second-order valence-electron chi connectivity index (χ2n) is 3.82. The Morgan fingerprint density at radius 1 is 1.59 bits per heavy atom. The van der Waals surface area contributed by atoms with Crippen molar-refractivity contribution in [2.24, 2.45) is 0 Å². The van der Waals surface area contributed by atoms with Gasteiger partial charge in [0.2, 0.25) is 5.91 Å². The molecule has 0 saturated carbocycles. The molecule has 1 saturated heterocycles. The summed E-state index contributed by atoms with van der Waals surface area (Å²) in [5.41, 5.74) is 0. The topological polar surface area (TPSA) is 75.4 Å². The van der Waals surface area contributed by atoms with Crippen LogP contribution in [0.1, 0.15) is 13.0 Å². The summed E-state index contributed by atoms with van der Waals surface area (Å²) < 4.78 is 1.53. The highest BCUT2D eigenvalue weighted by molar-refractivity contribution is 7.99. The van der Waals surface area contributed by atoms with E-state index in [4.69, 9.17) is 5.11 Å². The van der Waals surface area contributed by atoms with E-state index in [1.54, 1.807) is 25.4 Å². The van der Waals surface area contributed by atoms with Gasteiger partial charge in [-0.3, -0.25) is 9.48 Å². The van der Waals surface area contributed by atoms with Gasteiger partial charge in [0.25, 0.3) is 0 Å². The molecule has 1 aliphatic heterocycles. The number of hydrogen-bond acceptors (Lipinski definition) is 4. The predicted molar refractivity (Wildman–Crippen MR) is 62.5 cm³/mol. The zero-order valence-corrected chi connectivity index (χ0v) is 10.1. The molecular formula is C10H13N3O3S. The SMILES string of the molecule is CC(C(=O)N1CSC[C@H]1C(=O)O)n1cccn1. The lowest BCUT2D eigenvalue weighted by molar-refractivity contribution is -0.149. The number of thioether (sulfide) groups is 1. The molecule has 2 heterocycles. The van der Waals surface area contributed by atoms with Crippen LogP contribution in [0.15, 0.2) is 18.5 Å². The maximum atomic E-state index is 12.1. The van der Waals surface area contributed by atoms with Crippen molar-refractivity contribution in [3.63, 3.8) is 0 Å². The Balaban J connectivity index is 2.12. The van der Waals surface area contributed by atoms with E-state index in [9.17, 15) is 9.59 Å². The average Bonchev–Trinajstić information content (AvgIpc) is 2.97. The first-order valence-corrected chi connectivity index (χ1v) is 6.37. The molecule has 0 aromatic carbocycles. The van der Waals surface area contributed by atoms with Crippen molar-refractivity contribution >= 4 is 23.6 Å². The zero-order chi connectivity index (χ0) is 12.4. The average molecular weight is 255 g/mol. The number of aliphatic carboxylic acids is 1. The molecule has 1 aliphatic rings. The van der Waals surface area contributed by atoms with Gasteiger partial charge in [-0.25, -0.2) is 4.79 Å². The second-order valence-corrected chi connectivity index (χ2v) is 4.82. The fraction of sp³-hybridized carbons (Fsp3) is 0.500. The van der Waals surface area contributed by atoms with Gasteiger partial charge >= 0.3 is 5.97 Å². The Morgan fingerprint density at radius 2 is 2.35 bits per heavy atom. The first-order chi connectivity index (χ1) is 8.11. The molecule has 92 valence electrons. The van der Waals surface area contributed by atoms with Crippen molar-refractivity contribution in [2.45, 2.75) is 19.0 Å². The highest BCUT2D eigenvalue weighted by atomic mass is 32.2. The third-order valence-electron chi connectivity index (χ3n) is 2.73. The molecule has 6 nitrogen and oxygen atoms in total. The van der Waals surface area contributed by atoms with Crippen molar-refractivity contribution in [1.29, 1.82) is 0 Å². The van der Waals surface area contributed by atoms with Crippen molar-refractivity contribution in [3.8, 4) is 0 Å². The minimum atomic E-state index is -0.948. The van der Waals surface area contributed by atoms with Crippen LogP contribution in [0.3, 0.4) is 0 Å². The van der Waals surface area contributed by atoms with Crippen LogP contribution in [0, 0.1) is 0 Å². The lowest BCUT2D eigenvalue weighted by atomic mass is 10.2. The van der Waals surface area contributed by atoms with Gasteiger partial charge in [0.05, 0.1) is 5.88 Å². The fourth-order valence-corrected chi connectivity index (χ4v) is 2.88. The van der Waals surface area contributed by atoms with Crippen molar-refractivity contribution < 1.29 is 14.7 Å². The number of hydrogen-bond donors (Lipinski definition) is 1.